The van der Waals surface area contributed by atoms with Crippen molar-refractivity contribution in [3.05, 3.63) is 47.5 Å². The molecule has 1 aliphatic rings. The highest BCUT2D eigenvalue weighted by molar-refractivity contribution is 6.10. The first kappa shape index (κ1) is 16.2. The van der Waals surface area contributed by atoms with Gasteiger partial charge in [-0.3, -0.25) is 4.79 Å². The van der Waals surface area contributed by atoms with Gasteiger partial charge >= 0.3 is 0 Å². The lowest BCUT2D eigenvalue weighted by Crippen LogP contribution is -2.32. The lowest BCUT2D eigenvalue weighted by Gasteiger charge is -2.16. The lowest BCUT2D eigenvalue weighted by atomic mass is 9.98. The third kappa shape index (κ3) is 2.66. The Labute approximate surface area is 141 Å². The maximum Gasteiger partial charge on any atom is 0.213 e. The molecule has 1 aliphatic heterocycles. The summed E-state index contributed by atoms with van der Waals surface area (Å²) in [7, 11) is 3.04. The SMILES string of the molecule is COc1cc2c(c(OC)c1OCc1ccccc1)C(=O)C(C)(C)O2. The molecule has 126 valence electrons. The van der Waals surface area contributed by atoms with E-state index in [1.54, 1.807) is 27.0 Å². The van der Waals surface area contributed by atoms with E-state index in [4.69, 9.17) is 18.9 Å². The summed E-state index contributed by atoms with van der Waals surface area (Å²) in [6, 6.07) is 11.4. The van der Waals surface area contributed by atoms with Gasteiger partial charge < -0.3 is 18.9 Å². The number of carbonyl (C=O) groups is 1. The van der Waals surface area contributed by atoms with Crippen LogP contribution in [0.4, 0.5) is 0 Å². The number of benzene rings is 2. The first-order valence-corrected chi connectivity index (χ1v) is 7.67. The fourth-order valence-corrected chi connectivity index (χ4v) is 2.72. The van der Waals surface area contributed by atoms with Crippen molar-refractivity contribution in [3.8, 4) is 23.0 Å². The average Bonchev–Trinajstić information content (AvgIpc) is 2.81. The predicted octanol–water partition coefficient (Wildman–Crippen LogP) is 3.64. The molecule has 0 fully saturated rings. The number of rotatable bonds is 5. The normalized spacial score (nSPS) is 14.8. The van der Waals surface area contributed by atoms with Crippen molar-refractivity contribution in [2.24, 2.45) is 0 Å². The predicted molar refractivity (Wildman–Crippen MR) is 89.4 cm³/mol. The number of ketones is 1. The highest BCUT2D eigenvalue weighted by atomic mass is 16.5. The quantitative estimate of drug-likeness (QED) is 0.839. The van der Waals surface area contributed by atoms with E-state index in [0.717, 1.165) is 5.56 Å². The lowest BCUT2D eigenvalue weighted by molar-refractivity contribution is 0.0683. The van der Waals surface area contributed by atoms with Gasteiger partial charge in [-0.1, -0.05) is 30.3 Å². The smallest absolute Gasteiger partial charge is 0.213 e. The summed E-state index contributed by atoms with van der Waals surface area (Å²) in [6.07, 6.45) is 0. The largest absolute Gasteiger partial charge is 0.493 e. The van der Waals surface area contributed by atoms with Gasteiger partial charge in [0.15, 0.2) is 17.1 Å². The highest BCUT2D eigenvalue weighted by Crippen LogP contribution is 2.50. The van der Waals surface area contributed by atoms with Crippen molar-refractivity contribution in [1.29, 1.82) is 0 Å². The summed E-state index contributed by atoms with van der Waals surface area (Å²) < 4.78 is 22.6. The summed E-state index contributed by atoms with van der Waals surface area (Å²) in [6.45, 7) is 3.79. The van der Waals surface area contributed by atoms with E-state index in [-0.39, 0.29) is 5.78 Å². The van der Waals surface area contributed by atoms with Crippen LogP contribution in [0.3, 0.4) is 0 Å². The van der Waals surface area contributed by atoms with Crippen LogP contribution in [0.15, 0.2) is 36.4 Å². The van der Waals surface area contributed by atoms with Crippen LogP contribution in [0.1, 0.15) is 29.8 Å². The van der Waals surface area contributed by atoms with Gasteiger partial charge in [-0.25, -0.2) is 0 Å². The second kappa shape index (κ2) is 6.07. The highest BCUT2D eigenvalue weighted by Gasteiger charge is 2.44. The molecular weight excluding hydrogens is 308 g/mol. The molecule has 0 saturated carbocycles. The molecule has 0 aliphatic carbocycles. The maximum absolute atomic E-state index is 12.6. The standard InChI is InChI=1S/C19H20O5/c1-19(2)18(20)15-13(24-19)10-14(21-3)16(17(15)22-4)23-11-12-8-6-5-7-9-12/h5-10H,11H2,1-4H3. The molecule has 24 heavy (non-hydrogen) atoms. The van der Waals surface area contributed by atoms with Gasteiger partial charge in [-0.2, -0.15) is 0 Å². The Morgan fingerprint density at radius 2 is 1.75 bits per heavy atom. The number of hydrogen-bond acceptors (Lipinski definition) is 5. The van der Waals surface area contributed by atoms with Gasteiger partial charge in [0.25, 0.3) is 0 Å². The van der Waals surface area contributed by atoms with Crippen LogP contribution in [0.5, 0.6) is 23.0 Å². The number of Topliss-reactive ketones (excluding diaryl/α,β-unsaturated/α-hetero) is 1. The fourth-order valence-electron chi connectivity index (χ4n) is 2.72. The minimum atomic E-state index is -0.932. The molecule has 2 aromatic carbocycles. The second-order valence-electron chi connectivity index (χ2n) is 6.03. The molecule has 1 heterocycles. The van der Waals surface area contributed by atoms with Crippen LogP contribution in [0, 0.1) is 0 Å². The van der Waals surface area contributed by atoms with Crippen LogP contribution in [-0.2, 0) is 6.61 Å². The van der Waals surface area contributed by atoms with E-state index < -0.39 is 5.60 Å². The Morgan fingerprint density at radius 1 is 1.04 bits per heavy atom. The Balaban J connectivity index is 2.03. The number of hydrogen-bond donors (Lipinski definition) is 0. The van der Waals surface area contributed by atoms with Crippen molar-refractivity contribution in [1.82, 2.24) is 0 Å². The van der Waals surface area contributed by atoms with Crippen LogP contribution < -0.4 is 18.9 Å². The van der Waals surface area contributed by atoms with Gasteiger partial charge in [0.05, 0.1) is 14.2 Å². The minimum absolute atomic E-state index is 0.137. The number of methoxy groups -OCH3 is 2. The molecule has 0 unspecified atom stereocenters. The Kier molecular flexibility index (Phi) is 4.09. The maximum atomic E-state index is 12.6. The van der Waals surface area contributed by atoms with E-state index >= 15 is 0 Å². The summed E-state index contributed by atoms with van der Waals surface area (Å²) in [5, 5.41) is 0. The summed E-state index contributed by atoms with van der Waals surface area (Å²) in [5.74, 6) is 1.52. The molecule has 0 atom stereocenters. The van der Waals surface area contributed by atoms with E-state index in [1.165, 1.54) is 7.11 Å². The molecule has 5 nitrogen and oxygen atoms in total. The fraction of sp³-hybridized carbons (Fsp3) is 0.316. The van der Waals surface area contributed by atoms with Crippen LogP contribution >= 0.6 is 0 Å². The van der Waals surface area contributed by atoms with Gasteiger partial charge in [0.2, 0.25) is 11.5 Å². The monoisotopic (exact) mass is 328 g/mol. The third-order valence-corrected chi connectivity index (χ3v) is 3.95. The zero-order valence-electron chi connectivity index (χ0n) is 14.2. The average molecular weight is 328 g/mol. The topological polar surface area (TPSA) is 54.0 Å². The van der Waals surface area contributed by atoms with Gasteiger partial charge in [-0.05, 0) is 19.4 Å². The van der Waals surface area contributed by atoms with Crippen molar-refractivity contribution in [3.63, 3.8) is 0 Å². The molecule has 0 N–H and O–H groups in total. The number of carbonyl (C=O) groups excluding carboxylic acids is 1. The number of fused-ring (bicyclic) bond motifs is 1. The molecule has 3 rings (SSSR count). The molecule has 0 spiro atoms. The van der Waals surface area contributed by atoms with Crippen molar-refractivity contribution in [2.45, 2.75) is 26.1 Å². The van der Waals surface area contributed by atoms with E-state index in [0.29, 0.717) is 35.2 Å². The summed E-state index contributed by atoms with van der Waals surface area (Å²) >= 11 is 0. The zero-order valence-corrected chi connectivity index (χ0v) is 14.2. The van der Waals surface area contributed by atoms with Gasteiger partial charge in [0.1, 0.15) is 17.9 Å². The van der Waals surface area contributed by atoms with E-state index in [9.17, 15) is 4.79 Å². The molecule has 0 radical (unpaired) electrons. The minimum Gasteiger partial charge on any atom is -0.493 e. The van der Waals surface area contributed by atoms with Crippen LogP contribution in [-0.4, -0.2) is 25.6 Å². The van der Waals surface area contributed by atoms with Crippen molar-refractivity contribution < 1.29 is 23.7 Å². The Bertz CT molecular complexity index is 765. The van der Waals surface area contributed by atoms with Crippen molar-refractivity contribution >= 4 is 5.78 Å². The zero-order chi connectivity index (χ0) is 17.3. The van der Waals surface area contributed by atoms with Crippen molar-refractivity contribution in [2.75, 3.05) is 14.2 Å². The van der Waals surface area contributed by atoms with E-state index in [1.807, 2.05) is 30.3 Å². The van der Waals surface area contributed by atoms with Crippen LogP contribution in [0.25, 0.3) is 0 Å². The molecule has 0 saturated heterocycles. The van der Waals surface area contributed by atoms with E-state index in [2.05, 4.69) is 0 Å². The molecule has 5 heteroatoms. The number of ether oxygens (including phenoxy) is 4. The van der Waals surface area contributed by atoms with Gasteiger partial charge in [-0.15, -0.1) is 0 Å². The Morgan fingerprint density at radius 3 is 2.38 bits per heavy atom. The first-order valence-electron chi connectivity index (χ1n) is 7.67. The summed E-state index contributed by atoms with van der Waals surface area (Å²) in [5.41, 5.74) is 0.468. The summed E-state index contributed by atoms with van der Waals surface area (Å²) in [4.78, 5) is 12.6. The molecular formula is C19H20O5. The molecule has 2 aromatic rings. The Hall–Kier alpha value is -2.69. The van der Waals surface area contributed by atoms with Gasteiger partial charge in [0, 0.05) is 6.07 Å². The molecule has 0 bridgehead atoms. The third-order valence-electron chi connectivity index (χ3n) is 3.95. The second-order valence-corrected chi connectivity index (χ2v) is 6.03. The molecule has 0 amide bonds. The molecule has 0 aromatic heterocycles. The van der Waals surface area contributed by atoms with Crippen LogP contribution in [0.2, 0.25) is 0 Å². The first-order chi connectivity index (χ1) is 11.5.